The first-order valence-corrected chi connectivity index (χ1v) is 14.8. The molecular weight excluding hydrogens is 498 g/mol. The molecule has 3 aromatic heterocycles. The van der Waals surface area contributed by atoms with Crippen molar-refractivity contribution in [3.05, 3.63) is 45.8 Å². The molecule has 3 aromatic rings. The number of carbonyl (C=O) groups excluding carboxylic acids is 1. The number of piperazine rings is 1. The molecule has 0 spiro atoms. The number of hydrogen-bond acceptors (Lipinski definition) is 7. The lowest BCUT2D eigenvalue weighted by Gasteiger charge is -2.38. The van der Waals surface area contributed by atoms with E-state index < -0.39 is 10.0 Å². The number of anilines is 1. The van der Waals surface area contributed by atoms with Crippen LogP contribution in [0.5, 0.6) is 0 Å². The second-order valence-electron chi connectivity index (χ2n) is 9.98. The normalized spacial score (nSPS) is 19.6. The second-order valence-corrected chi connectivity index (χ2v) is 13.1. The number of nitrogens with zero attached hydrogens (tertiary/aromatic N) is 4. The summed E-state index contributed by atoms with van der Waals surface area (Å²) in [5.74, 6) is 0.990. The number of thiophene rings is 1. The first-order valence-electron chi connectivity index (χ1n) is 12.2. The second kappa shape index (κ2) is 9.70. The molecule has 4 heterocycles. The molecule has 0 aromatic carbocycles. The highest BCUT2D eigenvalue weighted by atomic mass is 32.2. The van der Waals surface area contributed by atoms with Crippen LogP contribution in [0.3, 0.4) is 0 Å². The maximum atomic E-state index is 13.0. The Morgan fingerprint density at radius 1 is 1.25 bits per heavy atom. The largest absolute Gasteiger partial charge is 0.317 e. The van der Waals surface area contributed by atoms with E-state index in [0.29, 0.717) is 49.7 Å². The van der Waals surface area contributed by atoms with E-state index in [4.69, 9.17) is 0 Å². The van der Waals surface area contributed by atoms with E-state index in [1.54, 1.807) is 29.1 Å². The Labute approximate surface area is 214 Å². The van der Waals surface area contributed by atoms with Gasteiger partial charge < -0.3 is 9.88 Å². The average molecular weight is 530 g/mol. The van der Waals surface area contributed by atoms with Crippen LogP contribution in [0, 0.1) is 5.92 Å². The van der Waals surface area contributed by atoms with Crippen molar-refractivity contribution in [2.75, 3.05) is 31.2 Å². The quantitative estimate of drug-likeness (QED) is 0.505. The lowest BCUT2D eigenvalue weighted by molar-refractivity contribution is -0.116. The molecule has 11 heteroatoms. The highest BCUT2D eigenvalue weighted by Crippen LogP contribution is 2.35. The van der Waals surface area contributed by atoms with Crippen molar-refractivity contribution in [3.63, 3.8) is 0 Å². The molecule has 1 atom stereocenters. The Morgan fingerprint density at radius 2 is 2.03 bits per heavy atom. The third kappa shape index (κ3) is 5.39. The molecule has 9 nitrogen and oxygen atoms in total. The Kier molecular flexibility index (Phi) is 6.75. The summed E-state index contributed by atoms with van der Waals surface area (Å²) in [5.41, 5.74) is 1.74. The third-order valence-electron chi connectivity index (χ3n) is 6.97. The van der Waals surface area contributed by atoms with Gasteiger partial charge in [-0.3, -0.25) is 14.5 Å². The maximum absolute atomic E-state index is 13.0. The van der Waals surface area contributed by atoms with Crippen LogP contribution in [0.2, 0.25) is 0 Å². The van der Waals surface area contributed by atoms with Gasteiger partial charge in [-0.05, 0) is 49.4 Å². The molecule has 1 aliphatic heterocycles. The molecule has 0 bridgehead atoms. The SMILES string of the molecule is C[C@@H]1CN(S(C)(=O)=O)CCN1Cc1cc2c(=O)n(C)cc(-c3ccnc(NC(=O)CC4CC4)c3)c2s1. The van der Waals surface area contributed by atoms with Crippen molar-refractivity contribution in [1.29, 1.82) is 0 Å². The standard InChI is InChI=1S/C25H31N5O4S2/c1-16-13-30(36(3,33)34)9-8-29(16)14-19-12-20-24(35-19)21(15-28(2)25(20)32)18-6-7-26-22(11-18)27-23(31)10-17-4-5-17/h6-7,11-12,15-17H,4-5,8-10,13-14H2,1-3H3,(H,26,27,31)/t16-/m1/s1. The zero-order chi connectivity index (χ0) is 25.6. The molecule has 1 N–H and O–H groups in total. The van der Waals surface area contributed by atoms with Gasteiger partial charge in [0, 0.05) is 73.2 Å². The van der Waals surface area contributed by atoms with Crippen LogP contribution in [0.4, 0.5) is 5.82 Å². The number of rotatable bonds is 7. The van der Waals surface area contributed by atoms with Crippen LogP contribution in [0.1, 0.15) is 31.1 Å². The van der Waals surface area contributed by atoms with Gasteiger partial charge in [0.2, 0.25) is 15.9 Å². The highest BCUT2D eigenvalue weighted by Gasteiger charge is 2.29. The van der Waals surface area contributed by atoms with Crippen LogP contribution < -0.4 is 10.9 Å². The van der Waals surface area contributed by atoms with Crippen LogP contribution in [0.25, 0.3) is 21.2 Å². The van der Waals surface area contributed by atoms with Crippen molar-refractivity contribution in [2.45, 2.75) is 38.8 Å². The Hall–Kier alpha value is -2.60. The van der Waals surface area contributed by atoms with Gasteiger partial charge in [-0.2, -0.15) is 4.31 Å². The fourth-order valence-corrected chi connectivity index (χ4v) is 6.83. The monoisotopic (exact) mass is 529 g/mol. The highest BCUT2D eigenvalue weighted by molar-refractivity contribution is 7.88. The molecule has 5 rings (SSSR count). The van der Waals surface area contributed by atoms with E-state index in [9.17, 15) is 18.0 Å². The van der Waals surface area contributed by atoms with Crippen molar-refractivity contribution in [3.8, 4) is 11.1 Å². The van der Waals surface area contributed by atoms with Gasteiger partial charge in [0.05, 0.1) is 11.6 Å². The molecule has 0 unspecified atom stereocenters. The fraction of sp³-hybridized carbons (Fsp3) is 0.480. The number of nitrogens with one attached hydrogen (secondary N) is 1. The molecule has 192 valence electrons. The first kappa shape index (κ1) is 25.1. The predicted molar refractivity (Wildman–Crippen MR) is 143 cm³/mol. The summed E-state index contributed by atoms with van der Waals surface area (Å²) in [6.07, 6.45) is 7.52. The van der Waals surface area contributed by atoms with E-state index >= 15 is 0 Å². The number of hydrogen-bond donors (Lipinski definition) is 1. The summed E-state index contributed by atoms with van der Waals surface area (Å²) in [5, 5.41) is 3.57. The Morgan fingerprint density at radius 3 is 2.72 bits per heavy atom. The minimum atomic E-state index is -3.20. The summed E-state index contributed by atoms with van der Waals surface area (Å²) >= 11 is 1.59. The lowest BCUT2D eigenvalue weighted by atomic mass is 10.1. The molecule has 1 amide bonds. The van der Waals surface area contributed by atoms with Gasteiger partial charge >= 0.3 is 0 Å². The molecule has 2 aliphatic rings. The minimum Gasteiger partial charge on any atom is -0.317 e. The van der Waals surface area contributed by atoms with Crippen LogP contribution in [-0.2, 0) is 28.4 Å². The van der Waals surface area contributed by atoms with E-state index in [-0.39, 0.29) is 17.5 Å². The number of aromatic nitrogens is 2. The van der Waals surface area contributed by atoms with Gasteiger partial charge in [0.15, 0.2) is 0 Å². The Bertz CT molecular complexity index is 1480. The van der Waals surface area contributed by atoms with E-state index in [2.05, 4.69) is 15.2 Å². The van der Waals surface area contributed by atoms with Gasteiger partial charge in [-0.15, -0.1) is 11.3 Å². The summed E-state index contributed by atoms with van der Waals surface area (Å²) < 4.78 is 27.9. The number of fused-ring (bicyclic) bond motifs is 1. The molecule has 1 aliphatic carbocycles. The van der Waals surface area contributed by atoms with Gasteiger partial charge in [-0.25, -0.2) is 13.4 Å². The van der Waals surface area contributed by atoms with E-state index in [1.165, 1.54) is 10.6 Å². The van der Waals surface area contributed by atoms with Crippen molar-refractivity contribution in [2.24, 2.45) is 13.0 Å². The van der Waals surface area contributed by atoms with Crippen LogP contribution in [-0.4, -0.2) is 65.0 Å². The molecule has 1 saturated carbocycles. The minimum absolute atomic E-state index is 0.0174. The third-order valence-corrected chi connectivity index (χ3v) is 9.39. The van der Waals surface area contributed by atoms with Crippen molar-refractivity contribution >= 4 is 43.2 Å². The molecule has 36 heavy (non-hydrogen) atoms. The predicted octanol–water partition coefficient (Wildman–Crippen LogP) is 2.87. The summed E-state index contributed by atoms with van der Waals surface area (Å²) in [6.45, 7) is 4.25. The lowest BCUT2D eigenvalue weighted by Crippen LogP contribution is -2.52. The zero-order valence-electron chi connectivity index (χ0n) is 20.7. The molecular formula is C25H31N5O4S2. The topological polar surface area (TPSA) is 105 Å². The zero-order valence-corrected chi connectivity index (χ0v) is 22.4. The van der Waals surface area contributed by atoms with E-state index in [0.717, 1.165) is 33.5 Å². The number of carbonyl (C=O) groups is 1. The average Bonchev–Trinajstić information content (AvgIpc) is 3.52. The summed E-state index contributed by atoms with van der Waals surface area (Å²) in [6, 6.07) is 5.78. The van der Waals surface area contributed by atoms with Crippen LogP contribution >= 0.6 is 11.3 Å². The Balaban J connectivity index is 1.42. The van der Waals surface area contributed by atoms with Gasteiger partial charge in [0.25, 0.3) is 5.56 Å². The number of sulfonamides is 1. The maximum Gasteiger partial charge on any atom is 0.259 e. The molecule has 0 radical (unpaired) electrons. The van der Waals surface area contributed by atoms with Crippen LogP contribution in [0.15, 0.2) is 35.4 Å². The van der Waals surface area contributed by atoms with Gasteiger partial charge in [-0.1, -0.05) is 0 Å². The van der Waals surface area contributed by atoms with Crippen molar-refractivity contribution in [1.82, 2.24) is 18.8 Å². The molecule has 1 saturated heterocycles. The van der Waals surface area contributed by atoms with Crippen molar-refractivity contribution < 1.29 is 13.2 Å². The first-order chi connectivity index (χ1) is 17.1. The summed E-state index contributed by atoms with van der Waals surface area (Å²) in [7, 11) is -1.46. The summed E-state index contributed by atoms with van der Waals surface area (Å²) in [4.78, 5) is 32.9. The number of amides is 1. The fourth-order valence-electron chi connectivity index (χ4n) is 4.73. The number of pyridine rings is 2. The van der Waals surface area contributed by atoms with Gasteiger partial charge in [0.1, 0.15) is 5.82 Å². The van der Waals surface area contributed by atoms with E-state index in [1.807, 2.05) is 31.3 Å². The molecule has 2 fully saturated rings. The smallest absolute Gasteiger partial charge is 0.259 e. The number of aryl methyl sites for hydroxylation is 1.